The molecule has 0 aliphatic carbocycles. The van der Waals surface area contributed by atoms with Crippen molar-refractivity contribution in [3.63, 3.8) is 0 Å². The standard InChI is InChI=1S/C24H38N4O/c1-22(2,3)24(19-8-6-5-7-9-19)18-26-21(29)28(24)20-10-16-27(17-11-20)23(4)12-14-25-15-13-23/h5-9,20,25H,10-18H2,1-4H3,(H,26,29). The number of likely N-dealkylation sites (tertiary alicyclic amines) is 1. The van der Waals surface area contributed by atoms with Gasteiger partial charge < -0.3 is 15.5 Å². The SMILES string of the molecule is CC1(N2CCC(N3C(=O)NCC3(c3ccccc3)C(C)(C)C)CC2)CCNCC1. The number of carbonyl (C=O) groups is 1. The first-order valence-corrected chi connectivity index (χ1v) is 11.4. The Bertz CT molecular complexity index is 714. The van der Waals surface area contributed by atoms with E-state index in [2.05, 4.69) is 78.5 Å². The van der Waals surface area contributed by atoms with Crippen LogP contribution in [-0.4, -0.2) is 60.1 Å². The molecule has 160 valence electrons. The van der Waals surface area contributed by atoms with E-state index in [1.165, 1.54) is 18.4 Å². The largest absolute Gasteiger partial charge is 0.335 e. The van der Waals surface area contributed by atoms with E-state index in [0.717, 1.165) is 39.0 Å². The fourth-order valence-corrected chi connectivity index (χ4v) is 5.98. The Balaban J connectivity index is 1.59. The number of piperidine rings is 2. The summed E-state index contributed by atoms with van der Waals surface area (Å²) in [7, 11) is 0. The topological polar surface area (TPSA) is 47.6 Å². The third kappa shape index (κ3) is 3.46. The average molecular weight is 399 g/mol. The summed E-state index contributed by atoms with van der Waals surface area (Å²) >= 11 is 0. The van der Waals surface area contributed by atoms with E-state index in [4.69, 9.17) is 0 Å². The number of nitrogens with zero attached hydrogens (tertiary/aromatic N) is 2. The van der Waals surface area contributed by atoms with Crippen LogP contribution in [0.1, 0.15) is 58.9 Å². The van der Waals surface area contributed by atoms with Gasteiger partial charge in [-0.15, -0.1) is 0 Å². The summed E-state index contributed by atoms with van der Waals surface area (Å²) in [6, 6.07) is 11.1. The number of carbonyl (C=O) groups excluding carboxylic acids is 1. The maximum atomic E-state index is 13.1. The Kier molecular flexibility index (Phi) is 5.41. The van der Waals surface area contributed by atoms with E-state index < -0.39 is 0 Å². The van der Waals surface area contributed by atoms with Crippen LogP contribution in [0.5, 0.6) is 0 Å². The molecule has 1 aromatic rings. The van der Waals surface area contributed by atoms with E-state index in [0.29, 0.717) is 18.1 Å². The molecule has 1 unspecified atom stereocenters. The molecule has 3 saturated heterocycles. The number of benzene rings is 1. The fraction of sp³-hybridized carbons (Fsp3) is 0.708. The predicted octanol–water partition coefficient (Wildman–Crippen LogP) is 3.56. The number of nitrogens with one attached hydrogen (secondary N) is 2. The summed E-state index contributed by atoms with van der Waals surface area (Å²) in [5.74, 6) is 0. The number of amides is 2. The molecule has 0 bridgehead atoms. The lowest BCUT2D eigenvalue weighted by molar-refractivity contribution is -0.0186. The zero-order valence-electron chi connectivity index (χ0n) is 18.6. The molecular formula is C24H38N4O. The summed E-state index contributed by atoms with van der Waals surface area (Å²) in [6.07, 6.45) is 4.55. The van der Waals surface area contributed by atoms with Crippen LogP contribution in [0, 0.1) is 5.41 Å². The highest BCUT2D eigenvalue weighted by atomic mass is 16.2. The van der Waals surface area contributed by atoms with Crippen LogP contribution in [0.15, 0.2) is 30.3 Å². The van der Waals surface area contributed by atoms with Crippen molar-refractivity contribution < 1.29 is 4.79 Å². The molecule has 3 fully saturated rings. The van der Waals surface area contributed by atoms with Crippen LogP contribution in [0.25, 0.3) is 0 Å². The van der Waals surface area contributed by atoms with E-state index in [1.54, 1.807) is 0 Å². The Morgan fingerprint density at radius 2 is 1.66 bits per heavy atom. The fourth-order valence-electron chi connectivity index (χ4n) is 5.98. The minimum Gasteiger partial charge on any atom is -0.335 e. The van der Waals surface area contributed by atoms with Gasteiger partial charge in [-0.3, -0.25) is 4.90 Å². The van der Waals surface area contributed by atoms with Crippen molar-refractivity contribution in [1.29, 1.82) is 0 Å². The Hall–Kier alpha value is -1.59. The Morgan fingerprint density at radius 1 is 1.03 bits per heavy atom. The minimum absolute atomic E-state index is 0.0638. The van der Waals surface area contributed by atoms with Crippen LogP contribution < -0.4 is 10.6 Å². The number of hydrogen-bond donors (Lipinski definition) is 2. The molecule has 3 heterocycles. The molecule has 4 rings (SSSR count). The second-order valence-corrected chi connectivity index (χ2v) is 10.5. The zero-order chi connectivity index (χ0) is 20.7. The van der Waals surface area contributed by atoms with E-state index in [1.807, 2.05) is 0 Å². The van der Waals surface area contributed by atoms with Crippen molar-refractivity contribution in [2.45, 2.75) is 70.5 Å². The molecule has 2 N–H and O–H groups in total. The first-order valence-electron chi connectivity index (χ1n) is 11.4. The number of rotatable bonds is 3. The van der Waals surface area contributed by atoms with Gasteiger partial charge in [0.1, 0.15) is 0 Å². The number of hydrogen-bond acceptors (Lipinski definition) is 3. The highest BCUT2D eigenvalue weighted by molar-refractivity contribution is 5.79. The van der Waals surface area contributed by atoms with Crippen molar-refractivity contribution in [3.05, 3.63) is 35.9 Å². The summed E-state index contributed by atoms with van der Waals surface area (Å²) < 4.78 is 0. The lowest BCUT2D eigenvalue weighted by Crippen LogP contribution is -2.61. The van der Waals surface area contributed by atoms with E-state index in [9.17, 15) is 4.79 Å². The first kappa shape index (κ1) is 20.7. The van der Waals surface area contributed by atoms with E-state index >= 15 is 0 Å². The second-order valence-electron chi connectivity index (χ2n) is 10.5. The van der Waals surface area contributed by atoms with Crippen molar-refractivity contribution in [2.24, 2.45) is 5.41 Å². The van der Waals surface area contributed by atoms with Crippen molar-refractivity contribution in [2.75, 3.05) is 32.7 Å². The van der Waals surface area contributed by atoms with Crippen LogP contribution in [0.4, 0.5) is 4.79 Å². The van der Waals surface area contributed by atoms with E-state index in [-0.39, 0.29) is 17.0 Å². The quantitative estimate of drug-likeness (QED) is 0.818. The zero-order valence-corrected chi connectivity index (χ0v) is 18.6. The molecule has 5 nitrogen and oxygen atoms in total. The van der Waals surface area contributed by atoms with Crippen molar-refractivity contribution in [1.82, 2.24) is 20.4 Å². The molecule has 3 aliphatic rings. The van der Waals surface area contributed by atoms with Gasteiger partial charge in [0.05, 0.1) is 5.54 Å². The molecule has 0 spiro atoms. The molecule has 5 heteroatoms. The first-order chi connectivity index (χ1) is 13.8. The van der Waals surface area contributed by atoms with Gasteiger partial charge >= 0.3 is 6.03 Å². The van der Waals surface area contributed by atoms with Gasteiger partial charge in [-0.2, -0.15) is 0 Å². The summed E-state index contributed by atoms with van der Waals surface area (Å²) in [6.45, 7) is 14.3. The monoisotopic (exact) mass is 398 g/mol. The third-order valence-corrected chi connectivity index (χ3v) is 7.89. The molecular weight excluding hydrogens is 360 g/mol. The molecule has 1 atom stereocenters. The van der Waals surface area contributed by atoms with Gasteiger partial charge in [0, 0.05) is 31.2 Å². The lowest BCUT2D eigenvalue weighted by atomic mass is 9.68. The average Bonchev–Trinajstić information content (AvgIpc) is 3.08. The lowest BCUT2D eigenvalue weighted by Gasteiger charge is -2.53. The Labute approximate surface area is 176 Å². The van der Waals surface area contributed by atoms with Crippen molar-refractivity contribution >= 4 is 6.03 Å². The third-order valence-electron chi connectivity index (χ3n) is 7.89. The molecule has 29 heavy (non-hydrogen) atoms. The number of urea groups is 1. The van der Waals surface area contributed by atoms with Crippen LogP contribution >= 0.6 is 0 Å². The summed E-state index contributed by atoms with van der Waals surface area (Å²) in [5.41, 5.74) is 1.19. The highest BCUT2D eigenvalue weighted by Gasteiger charge is 2.56. The van der Waals surface area contributed by atoms with Crippen LogP contribution in [-0.2, 0) is 5.54 Å². The van der Waals surface area contributed by atoms with Crippen molar-refractivity contribution in [3.8, 4) is 0 Å². The minimum atomic E-state index is -0.309. The van der Waals surface area contributed by atoms with Gasteiger partial charge in [0.2, 0.25) is 0 Å². The highest BCUT2D eigenvalue weighted by Crippen LogP contribution is 2.48. The maximum Gasteiger partial charge on any atom is 0.318 e. The smallest absolute Gasteiger partial charge is 0.318 e. The predicted molar refractivity (Wildman–Crippen MR) is 118 cm³/mol. The van der Waals surface area contributed by atoms with Gasteiger partial charge in [-0.1, -0.05) is 51.1 Å². The Morgan fingerprint density at radius 3 is 2.24 bits per heavy atom. The van der Waals surface area contributed by atoms with Gasteiger partial charge in [-0.25, -0.2) is 4.79 Å². The second kappa shape index (κ2) is 7.59. The molecule has 1 aromatic carbocycles. The molecule has 0 saturated carbocycles. The molecule has 0 radical (unpaired) electrons. The molecule has 0 aromatic heterocycles. The summed E-state index contributed by atoms with van der Waals surface area (Å²) in [4.78, 5) is 18.1. The van der Waals surface area contributed by atoms with Gasteiger partial charge in [0.15, 0.2) is 0 Å². The summed E-state index contributed by atoms with van der Waals surface area (Å²) in [5, 5.41) is 6.71. The molecule has 3 aliphatic heterocycles. The normalized spacial score (nSPS) is 29.1. The van der Waals surface area contributed by atoms with Crippen LogP contribution in [0.2, 0.25) is 0 Å². The van der Waals surface area contributed by atoms with Crippen LogP contribution in [0.3, 0.4) is 0 Å². The molecule has 2 amide bonds. The maximum absolute atomic E-state index is 13.1. The van der Waals surface area contributed by atoms with Gasteiger partial charge in [-0.05, 0) is 56.7 Å². The van der Waals surface area contributed by atoms with Gasteiger partial charge in [0.25, 0.3) is 0 Å².